The summed E-state index contributed by atoms with van der Waals surface area (Å²) in [5.41, 5.74) is 0.663. The number of halogens is 2. The third kappa shape index (κ3) is 2.84. The molecule has 0 radical (unpaired) electrons. The van der Waals surface area contributed by atoms with Gasteiger partial charge in [-0.25, -0.2) is 4.39 Å². The van der Waals surface area contributed by atoms with E-state index in [2.05, 4.69) is 15.9 Å². The van der Waals surface area contributed by atoms with Gasteiger partial charge in [-0.1, -0.05) is 28.1 Å². The predicted molar refractivity (Wildman–Crippen MR) is 54.7 cm³/mol. The van der Waals surface area contributed by atoms with Crippen LogP contribution < -0.4 is 4.74 Å². The fraction of sp³-hybridized carbons (Fsp3) is 0.200. The summed E-state index contributed by atoms with van der Waals surface area (Å²) in [5.74, 6) is 0.314. The summed E-state index contributed by atoms with van der Waals surface area (Å²) in [6, 6.07) is 4.86. The third-order valence-corrected chi connectivity index (χ3v) is 2.06. The maximum Gasteiger partial charge on any atom is 0.130 e. The van der Waals surface area contributed by atoms with Crippen molar-refractivity contribution in [3.8, 4) is 5.75 Å². The van der Waals surface area contributed by atoms with Crippen molar-refractivity contribution in [3.05, 3.63) is 40.6 Å². The average Bonchev–Trinajstić information content (AvgIpc) is 2.16. The van der Waals surface area contributed by atoms with Gasteiger partial charge in [0.1, 0.15) is 11.6 Å². The van der Waals surface area contributed by atoms with Crippen molar-refractivity contribution in [3.63, 3.8) is 0 Å². The quantitative estimate of drug-likeness (QED) is 0.793. The van der Waals surface area contributed by atoms with Crippen LogP contribution in [0, 0.1) is 5.82 Å². The van der Waals surface area contributed by atoms with E-state index in [1.165, 1.54) is 13.2 Å². The topological polar surface area (TPSA) is 9.23 Å². The molecule has 1 aromatic carbocycles. The summed E-state index contributed by atoms with van der Waals surface area (Å²) in [7, 11) is 1.52. The molecule has 0 heterocycles. The van der Waals surface area contributed by atoms with E-state index in [1.807, 2.05) is 6.08 Å². The first kappa shape index (κ1) is 10.3. The zero-order valence-electron chi connectivity index (χ0n) is 7.26. The van der Waals surface area contributed by atoms with E-state index in [9.17, 15) is 4.39 Å². The largest absolute Gasteiger partial charge is 0.497 e. The molecule has 0 aliphatic rings. The smallest absolute Gasteiger partial charge is 0.130 e. The van der Waals surface area contributed by atoms with Crippen LogP contribution in [0.25, 0.3) is 0 Å². The monoisotopic (exact) mass is 244 g/mol. The Bertz CT molecular complexity index is 310. The van der Waals surface area contributed by atoms with Crippen molar-refractivity contribution in [2.45, 2.75) is 6.42 Å². The highest BCUT2D eigenvalue weighted by Gasteiger charge is 2.01. The Kier molecular flexibility index (Phi) is 3.96. The molecule has 0 saturated carbocycles. The molecule has 0 amide bonds. The molecule has 0 aliphatic carbocycles. The van der Waals surface area contributed by atoms with Crippen molar-refractivity contribution < 1.29 is 9.13 Å². The Morgan fingerprint density at radius 3 is 2.85 bits per heavy atom. The predicted octanol–water partition coefficient (Wildman–Crippen LogP) is 3.29. The molecule has 0 aliphatic heterocycles. The van der Waals surface area contributed by atoms with Crippen LogP contribution in [0.3, 0.4) is 0 Å². The Morgan fingerprint density at radius 2 is 2.31 bits per heavy atom. The molecule has 0 fully saturated rings. The number of ether oxygens (including phenoxy) is 1. The molecule has 1 nitrogen and oxygen atoms in total. The van der Waals surface area contributed by atoms with E-state index in [1.54, 1.807) is 17.1 Å². The number of benzene rings is 1. The summed E-state index contributed by atoms with van der Waals surface area (Å²) in [5, 5.41) is 0. The van der Waals surface area contributed by atoms with Gasteiger partial charge in [0.05, 0.1) is 7.11 Å². The number of methoxy groups -OCH3 is 1. The Morgan fingerprint density at radius 1 is 1.54 bits per heavy atom. The maximum atomic E-state index is 13.2. The normalized spacial score (nSPS) is 10.7. The highest BCUT2D eigenvalue weighted by molar-refractivity contribution is 9.11. The molecule has 1 aromatic rings. The number of rotatable bonds is 3. The molecule has 0 bridgehead atoms. The van der Waals surface area contributed by atoms with Gasteiger partial charge in [0.25, 0.3) is 0 Å². The minimum absolute atomic E-state index is 0.232. The first-order chi connectivity index (χ1) is 6.27. The number of hydrogen-bond acceptors (Lipinski definition) is 1. The third-order valence-electron chi connectivity index (χ3n) is 1.69. The molecule has 0 N–H and O–H groups in total. The molecule has 0 saturated heterocycles. The lowest BCUT2D eigenvalue weighted by molar-refractivity contribution is 0.411. The Balaban J connectivity index is 2.85. The van der Waals surface area contributed by atoms with Gasteiger partial charge in [0, 0.05) is 6.07 Å². The van der Waals surface area contributed by atoms with Crippen molar-refractivity contribution in [2.75, 3.05) is 7.11 Å². The first-order valence-electron chi connectivity index (χ1n) is 3.85. The van der Waals surface area contributed by atoms with Gasteiger partial charge in [0.15, 0.2) is 0 Å². The lowest BCUT2D eigenvalue weighted by atomic mass is 10.1. The molecule has 1 rings (SSSR count). The van der Waals surface area contributed by atoms with Gasteiger partial charge in [-0.2, -0.15) is 0 Å². The fourth-order valence-corrected chi connectivity index (χ4v) is 1.18. The molecule has 0 spiro atoms. The van der Waals surface area contributed by atoms with E-state index >= 15 is 0 Å². The first-order valence-corrected chi connectivity index (χ1v) is 4.77. The van der Waals surface area contributed by atoms with Crippen molar-refractivity contribution in [1.82, 2.24) is 0 Å². The van der Waals surface area contributed by atoms with E-state index in [0.717, 1.165) is 0 Å². The van der Waals surface area contributed by atoms with Gasteiger partial charge in [-0.15, -0.1) is 0 Å². The zero-order valence-corrected chi connectivity index (χ0v) is 8.84. The minimum atomic E-state index is -0.232. The van der Waals surface area contributed by atoms with Gasteiger partial charge in [-0.05, 0) is 23.0 Å². The maximum absolute atomic E-state index is 13.2. The molecular formula is C10H10BrFO. The van der Waals surface area contributed by atoms with Crippen LogP contribution in [0.2, 0.25) is 0 Å². The summed E-state index contributed by atoms with van der Waals surface area (Å²) in [6.07, 6.45) is 2.42. The number of allylic oxidation sites excluding steroid dienone is 1. The Labute approximate surface area is 85.3 Å². The van der Waals surface area contributed by atoms with E-state index < -0.39 is 0 Å². The Hall–Kier alpha value is -0.830. The van der Waals surface area contributed by atoms with Crippen LogP contribution >= 0.6 is 15.9 Å². The van der Waals surface area contributed by atoms with Gasteiger partial charge >= 0.3 is 0 Å². The van der Waals surface area contributed by atoms with Crippen molar-refractivity contribution in [1.29, 1.82) is 0 Å². The van der Waals surface area contributed by atoms with E-state index in [4.69, 9.17) is 4.74 Å². The lowest BCUT2D eigenvalue weighted by Crippen LogP contribution is -1.90. The fourth-order valence-electron chi connectivity index (χ4n) is 0.992. The highest BCUT2D eigenvalue weighted by Crippen LogP contribution is 2.16. The van der Waals surface area contributed by atoms with Crippen LogP contribution in [0.5, 0.6) is 5.75 Å². The van der Waals surface area contributed by atoms with Gasteiger partial charge < -0.3 is 4.74 Å². The standard InChI is InChI=1S/C10H10BrFO/c1-13-9-5-4-8(3-2-6-11)10(12)7-9/h2,4-7H,3H2,1H3. The molecule has 70 valence electrons. The second-order valence-electron chi connectivity index (χ2n) is 2.52. The van der Waals surface area contributed by atoms with Gasteiger partial charge in [-0.3, -0.25) is 0 Å². The van der Waals surface area contributed by atoms with Gasteiger partial charge in [0.2, 0.25) is 0 Å². The van der Waals surface area contributed by atoms with Crippen molar-refractivity contribution >= 4 is 15.9 Å². The SMILES string of the molecule is COc1ccc(CC=CBr)c(F)c1. The van der Waals surface area contributed by atoms with Crippen molar-refractivity contribution in [2.24, 2.45) is 0 Å². The molecule has 0 atom stereocenters. The van der Waals surface area contributed by atoms with Crippen LogP contribution in [-0.4, -0.2) is 7.11 Å². The second kappa shape index (κ2) is 5.02. The van der Waals surface area contributed by atoms with E-state index in [0.29, 0.717) is 17.7 Å². The second-order valence-corrected chi connectivity index (χ2v) is 3.05. The zero-order chi connectivity index (χ0) is 9.68. The van der Waals surface area contributed by atoms with E-state index in [-0.39, 0.29) is 5.82 Å². The summed E-state index contributed by atoms with van der Waals surface area (Å²) < 4.78 is 18.1. The molecule has 3 heteroatoms. The minimum Gasteiger partial charge on any atom is -0.497 e. The van der Waals surface area contributed by atoms with Crippen LogP contribution in [0.1, 0.15) is 5.56 Å². The van der Waals surface area contributed by atoms with Crippen LogP contribution in [0.4, 0.5) is 4.39 Å². The molecule has 0 aromatic heterocycles. The summed E-state index contributed by atoms with van der Waals surface area (Å²) >= 11 is 3.13. The summed E-state index contributed by atoms with van der Waals surface area (Å²) in [4.78, 5) is 1.72. The average molecular weight is 245 g/mol. The molecule has 13 heavy (non-hydrogen) atoms. The number of hydrogen-bond donors (Lipinski definition) is 0. The lowest BCUT2D eigenvalue weighted by Gasteiger charge is -2.02. The molecular weight excluding hydrogens is 235 g/mol. The van der Waals surface area contributed by atoms with Crippen LogP contribution in [-0.2, 0) is 6.42 Å². The highest BCUT2D eigenvalue weighted by atomic mass is 79.9. The molecule has 0 unspecified atom stereocenters. The van der Waals surface area contributed by atoms with Crippen LogP contribution in [0.15, 0.2) is 29.3 Å². The summed E-state index contributed by atoms with van der Waals surface area (Å²) in [6.45, 7) is 0.